The van der Waals surface area contributed by atoms with Gasteiger partial charge in [0.15, 0.2) is 0 Å². The summed E-state index contributed by atoms with van der Waals surface area (Å²) in [4.78, 5) is 30.8. The van der Waals surface area contributed by atoms with Crippen LogP contribution in [0.25, 0.3) is 10.9 Å². The van der Waals surface area contributed by atoms with Crippen LogP contribution < -0.4 is 10.9 Å². The summed E-state index contributed by atoms with van der Waals surface area (Å²) >= 11 is 0. The monoisotopic (exact) mass is 293 g/mol. The van der Waals surface area contributed by atoms with Gasteiger partial charge in [0.25, 0.3) is 11.5 Å². The maximum absolute atomic E-state index is 12.1. The normalized spacial score (nSPS) is 10.6. The van der Waals surface area contributed by atoms with Crippen LogP contribution in [-0.2, 0) is 6.54 Å². The van der Waals surface area contributed by atoms with Gasteiger partial charge in [0.2, 0.25) is 0 Å². The molecule has 5 nitrogen and oxygen atoms in total. The third kappa shape index (κ3) is 2.88. The SMILES string of the molecule is Cc1ccc2cc(CNC(=O)c3cccnc3)c(=O)[nH]c2c1. The van der Waals surface area contributed by atoms with E-state index in [1.807, 2.05) is 25.1 Å². The first-order chi connectivity index (χ1) is 10.6. The van der Waals surface area contributed by atoms with Crippen molar-refractivity contribution in [3.8, 4) is 0 Å². The highest BCUT2D eigenvalue weighted by Crippen LogP contribution is 2.13. The Morgan fingerprint density at radius 3 is 2.91 bits per heavy atom. The number of benzene rings is 1. The molecule has 0 bridgehead atoms. The van der Waals surface area contributed by atoms with Gasteiger partial charge in [-0.25, -0.2) is 0 Å². The van der Waals surface area contributed by atoms with Crippen LogP contribution in [-0.4, -0.2) is 15.9 Å². The van der Waals surface area contributed by atoms with E-state index in [9.17, 15) is 9.59 Å². The summed E-state index contributed by atoms with van der Waals surface area (Å²) in [6, 6.07) is 11.0. The third-order valence-corrected chi connectivity index (χ3v) is 3.44. The fourth-order valence-corrected chi connectivity index (χ4v) is 2.27. The molecule has 2 N–H and O–H groups in total. The molecule has 3 rings (SSSR count). The lowest BCUT2D eigenvalue weighted by atomic mass is 10.1. The van der Waals surface area contributed by atoms with Crippen LogP contribution in [0.5, 0.6) is 0 Å². The number of fused-ring (bicyclic) bond motifs is 1. The molecule has 0 atom stereocenters. The second-order valence-electron chi connectivity index (χ2n) is 5.14. The first kappa shape index (κ1) is 14.0. The van der Waals surface area contributed by atoms with E-state index in [2.05, 4.69) is 15.3 Å². The van der Waals surface area contributed by atoms with Gasteiger partial charge in [-0.1, -0.05) is 12.1 Å². The van der Waals surface area contributed by atoms with Crippen molar-refractivity contribution in [2.45, 2.75) is 13.5 Å². The topological polar surface area (TPSA) is 74.8 Å². The van der Waals surface area contributed by atoms with Gasteiger partial charge < -0.3 is 10.3 Å². The van der Waals surface area contributed by atoms with E-state index in [0.717, 1.165) is 16.5 Å². The minimum Gasteiger partial charge on any atom is -0.348 e. The van der Waals surface area contributed by atoms with Crippen molar-refractivity contribution in [2.24, 2.45) is 0 Å². The molecule has 2 aromatic heterocycles. The predicted molar refractivity (Wildman–Crippen MR) is 84.7 cm³/mol. The Labute approximate surface area is 127 Å². The van der Waals surface area contributed by atoms with Gasteiger partial charge in [-0.05, 0) is 42.1 Å². The van der Waals surface area contributed by atoms with E-state index in [-0.39, 0.29) is 18.0 Å². The maximum atomic E-state index is 12.1. The zero-order valence-corrected chi connectivity index (χ0v) is 12.1. The van der Waals surface area contributed by atoms with Crippen molar-refractivity contribution in [3.63, 3.8) is 0 Å². The number of aryl methyl sites for hydroxylation is 1. The molecule has 0 spiro atoms. The molecule has 0 aliphatic heterocycles. The fraction of sp³-hybridized carbons (Fsp3) is 0.118. The Morgan fingerprint density at radius 1 is 1.27 bits per heavy atom. The quantitative estimate of drug-likeness (QED) is 0.777. The second-order valence-corrected chi connectivity index (χ2v) is 5.14. The lowest BCUT2D eigenvalue weighted by Gasteiger charge is -2.06. The fourth-order valence-electron chi connectivity index (χ4n) is 2.27. The highest BCUT2D eigenvalue weighted by Gasteiger charge is 2.07. The zero-order chi connectivity index (χ0) is 15.5. The lowest BCUT2D eigenvalue weighted by Crippen LogP contribution is -2.26. The number of hydrogen-bond donors (Lipinski definition) is 2. The molecule has 1 aromatic carbocycles. The summed E-state index contributed by atoms with van der Waals surface area (Å²) in [6.45, 7) is 2.15. The first-order valence-corrected chi connectivity index (χ1v) is 6.94. The summed E-state index contributed by atoms with van der Waals surface area (Å²) in [5, 5.41) is 3.67. The average Bonchev–Trinajstić information content (AvgIpc) is 2.53. The third-order valence-electron chi connectivity index (χ3n) is 3.44. The van der Waals surface area contributed by atoms with Crippen molar-refractivity contribution in [1.82, 2.24) is 15.3 Å². The van der Waals surface area contributed by atoms with Crippen molar-refractivity contribution in [2.75, 3.05) is 0 Å². The number of amides is 1. The van der Waals surface area contributed by atoms with E-state index >= 15 is 0 Å². The number of nitrogens with one attached hydrogen (secondary N) is 2. The molecule has 0 saturated carbocycles. The number of carbonyl (C=O) groups is 1. The highest BCUT2D eigenvalue weighted by atomic mass is 16.1. The van der Waals surface area contributed by atoms with E-state index in [1.54, 1.807) is 24.4 Å². The Balaban J connectivity index is 1.82. The molecule has 110 valence electrons. The van der Waals surface area contributed by atoms with Crippen molar-refractivity contribution in [1.29, 1.82) is 0 Å². The molecule has 0 saturated heterocycles. The largest absolute Gasteiger partial charge is 0.348 e. The van der Waals surface area contributed by atoms with Gasteiger partial charge in [-0.2, -0.15) is 0 Å². The second kappa shape index (κ2) is 5.81. The Morgan fingerprint density at radius 2 is 2.14 bits per heavy atom. The van der Waals surface area contributed by atoms with Crippen LogP contribution in [0.15, 0.2) is 53.6 Å². The molecular weight excluding hydrogens is 278 g/mol. The Bertz CT molecular complexity index is 885. The maximum Gasteiger partial charge on any atom is 0.253 e. The molecule has 3 aromatic rings. The standard InChI is InChI=1S/C17H15N3O2/c1-11-4-5-12-8-14(17(22)20-15(12)7-11)10-19-16(21)13-3-2-6-18-9-13/h2-9H,10H2,1H3,(H,19,21)(H,20,22). The molecule has 0 aliphatic carbocycles. The van der Waals surface area contributed by atoms with Gasteiger partial charge in [0, 0.05) is 30.0 Å². The van der Waals surface area contributed by atoms with E-state index in [0.29, 0.717) is 11.1 Å². The van der Waals surface area contributed by atoms with E-state index in [4.69, 9.17) is 0 Å². The molecule has 0 unspecified atom stereocenters. The molecule has 0 radical (unpaired) electrons. The number of H-pyrrole nitrogens is 1. The number of carbonyl (C=O) groups excluding carboxylic acids is 1. The number of aromatic amines is 1. The van der Waals surface area contributed by atoms with Crippen molar-refractivity contribution in [3.05, 3.63) is 75.8 Å². The van der Waals surface area contributed by atoms with Crippen LogP contribution in [0.2, 0.25) is 0 Å². The van der Waals surface area contributed by atoms with Crippen molar-refractivity contribution >= 4 is 16.8 Å². The first-order valence-electron chi connectivity index (χ1n) is 6.94. The summed E-state index contributed by atoms with van der Waals surface area (Å²) in [6.07, 6.45) is 3.09. The average molecular weight is 293 g/mol. The summed E-state index contributed by atoms with van der Waals surface area (Å²) < 4.78 is 0. The van der Waals surface area contributed by atoms with Gasteiger partial charge in [0.05, 0.1) is 5.56 Å². The van der Waals surface area contributed by atoms with Crippen LogP contribution in [0.4, 0.5) is 0 Å². The van der Waals surface area contributed by atoms with Crippen LogP contribution in [0.1, 0.15) is 21.5 Å². The van der Waals surface area contributed by atoms with Gasteiger partial charge >= 0.3 is 0 Å². The van der Waals surface area contributed by atoms with Crippen LogP contribution in [0, 0.1) is 6.92 Å². The molecule has 2 heterocycles. The summed E-state index contributed by atoms with van der Waals surface area (Å²) in [5.41, 5.74) is 2.68. The highest BCUT2D eigenvalue weighted by molar-refractivity contribution is 5.93. The molecule has 5 heteroatoms. The number of pyridine rings is 2. The molecule has 1 amide bonds. The van der Waals surface area contributed by atoms with Gasteiger partial charge in [0.1, 0.15) is 0 Å². The van der Waals surface area contributed by atoms with Crippen LogP contribution >= 0.6 is 0 Å². The molecule has 0 aliphatic rings. The molecular formula is C17H15N3O2. The summed E-state index contributed by atoms with van der Waals surface area (Å²) in [7, 11) is 0. The number of aromatic nitrogens is 2. The molecule has 22 heavy (non-hydrogen) atoms. The Hall–Kier alpha value is -2.95. The zero-order valence-electron chi connectivity index (χ0n) is 12.1. The molecule has 0 fully saturated rings. The van der Waals surface area contributed by atoms with Gasteiger partial charge in [-0.3, -0.25) is 14.6 Å². The number of nitrogens with zero attached hydrogens (tertiary/aromatic N) is 1. The lowest BCUT2D eigenvalue weighted by molar-refractivity contribution is 0.0950. The predicted octanol–water partition coefficient (Wildman–Crippen LogP) is 2.16. The summed E-state index contributed by atoms with van der Waals surface area (Å²) in [5.74, 6) is -0.253. The van der Waals surface area contributed by atoms with Crippen LogP contribution in [0.3, 0.4) is 0 Å². The smallest absolute Gasteiger partial charge is 0.253 e. The minimum absolute atomic E-state index is 0.173. The van der Waals surface area contributed by atoms with E-state index < -0.39 is 0 Å². The minimum atomic E-state index is -0.253. The Kier molecular flexibility index (Phi) is 3.70. The number of rotatable bonds is 3. The van der Waals surface area contributed by atoms with E-state index in [1.165, 1.54) is 6.20 Å². The number of hydrogen-bond acceptors (Lipinski definition) is 3. The van der Waals surface area contributed by atoms with Crippen molar-refractivity contribution < 1.29 is 4.79 Å². The van der Waals surface area contributed by atoms with Gasteiger partial charge in [-0.15, -0.1) is 0 Å².